The number of benzene rings is 1. The number of amides is 1. The van der Waals surface area contributed by atoms with Crippen molar-refractivity contribution >= 4 is 5.91 Å². The monoisotopic (exact) mass is 257 g/mol. The Morgan fingerprint density at radius 2 is 2.05 bits per heavy atom. The van der Waals surface area contributed by atoms with Crippen molar-refractivity contribution in [2.75, 3.05) is 26.7 Å². The van der Waals surface area contributed by atoms with Gasteiger partial charge < -0.3 is 9.80 Å². The molecule has 100 valence electrons. The van der Waals surface area contributed by atoms with Gasteiger partial charge in [0.25, 0.3) is 0 Å². The Hall–Kier alpha value is -1.86. The number of hydrogen-bond acceptors (Lipinski definition) is 3. The van der Waals surface area contributed by atoms with E-state index in [1.165, 1.54) is 0 Å². The van der Waals surface area contributed by atoms with E-state index in [1.54, 1.807) is 6.92 Å². The van der Waals surface area contributed by atoms with Gasteiger partial charge >= 0.3 is 0 Å². The summed E-state index contributed by atoms with van der Waals surface area (Å²) < 4.78 is 0. The van der Waals surface area contributed by atoms with Crippen LogP contribution in [0.4, 0.5) is 0 Å². The van der Waals surface area contributed by atoms with E-state index >= 15 is 0 Å². The first-order valence-corrected chi connectivity index (χ1v) is 6.57. The summed E-state index contributed by atoms with van der Waals surface area (Å²) in [5.41, 5.74) is 1.13. The highest BCUT2D eigenvalue weighted by Crippen LogP contribution is 2.26. The molecule has 0 aliphatic carbocycles. The number of carbonyl (C=O) groups is 1. The first-order chi connectivity index (χ1) is 9.13. The van der Waals surface area contributed by atoms with Gasteiger partial charge in [0.2, 0.25) is 5.91 Å². The van der Waals surface area contributed by atoms with Gasteiger partial charge in [-0.15, -0.1) is 0 Å². The van der Waals surface area contributed by atoms with E-state index in [2.05, 4.69) is 11.9 Å². The Morgan fingerprint density at radius 1 is 1.37 bits per heavy atom. The fourth-order valence-corrected chi connectivity index (χ4v) is 2.45. The van der Waals surface area contributed by atoms with Crippen LogP contribution in [-0.2, 0) is 4.79 Å². The van der Waals surface area contributed by atoms with E-state index < -0.39 is 5.92 Å². The predicted octanol–water partition coefficient (Wildman–Crippen LogP) is 1.66. The maximum Gasteiger partial charge on any atom is 0.240 e. The zero-order chi connectivity index (χ0) is 13.8. The summed E-state index contributed by atoms with van der Waals surface area (Å²) in [5, 5.41) is 8.94. The summed E-state index contributed by atoms with van der Waals surface area (Å²) in [4.78, 5) is 16.4. The van der Waals surface area contributed by atoms with Crippen molar-refractivity contribution in [3.63, 3.8) is 0 Å². The smallest absolute Gasteiger partial charge is 0.240 e. The number of rotatable bonds is 2. The van der Waals surface area contributed by atoms with Crippen LogP contribution in [0.2, 0.25) is 0 Å². The average Bonchev–Trinajstić information content (AvgIpc) is 2.46. The molecule has 0 aromatic heterocycles. The van der Waals surface area contributed by atoms with Gasteiger partial charge in [0, 0.05) is 19.6 Å². The number of likely N-dealkylation sites (N-methyl/N-ethyl adjacent to an activating group) is 1. The van der Waals surface area contributed by atoms with Crippen LogP contribution < -0.4 is 0 Å². The number of hydrogen-bond donors (Lipinski definition) is 0. The van der Waals surface area contributed by atoms with Crippen molar-refractivity contribution in [1.82, 2.24) is 9.80 Å². The summed E-state index contributed by atoms with van der Waals surface area (Å²) >= 11 is 0. The molecule has 1 fully saturated rings. The normalized spacial score (nSPS) is 21.7. The first kappa shape index (κ1) is 13.6. The molecule has 0 N–H and O–H groups in total. The highest BCUT2D eigenvalue weighted by Gasteiger charge is 2.32. The number of nitriles is 1. The molecule has 2 atom stereocenters. The molecule has 4 nitrogen and oxygen atoms in total. The second kappa shape index (κ2) is 5.85. The molecule has 0 spiro atoms. The molecule has 4 heteroatoms. The molecule has 2 unspecified atom stereocenters. The second-order valence-corrected chi connectivity index (χ2v) is 5.07. The highest BCUT2D eigenvalue weighted by atomic mass is 16.2. The van der Waals surface area contributed by atoms with Crippen molar-refractivity contribution in [1.29, 1.82) is 5.26 Å². The summed E-state index contributed by atoms with van der Waals surface area (Å²) in [6.07, 6.45) is 0. The van der Waals surface area contributed by atoms with E-state index in [9.17, 15) is 4.79 Å². The molecule has 0 radical (unpaired) electrons. The fourth-order valence-electron chi connectivity index (χ4n) is 2.45. The molecule has 1 aromatic rings. The molecular weight excluding hydrogens is 238 g/mol. The summed E-state index contributed by atoms with van der Waals surface area (Å²) in [6.45, 7) is 4.02. The van der Waals surface area contributed by atoms with Crippen molar-refractivity contribution in [2.45, 2.75) is 13.0 Å². The third-order valence-electron chi connectivity index (χ3n) is 3.61. The zero-order valence-electron chi connectivity index (χ0n) is 11.4. The zero-order valence-corrected chi connectivity index (χ0v) is 11.4. The average molecular weight is 257 g/mol. The minimum absolute atomic E-state index is 0.0447. The second-order valence-electron chi connectivity index (χ2n) is 5.07. The van der Waals surface area contributed by atoms with Crippen LogP contribution in [0.3, 0.4) is 0 Å². The summed E-state index contributed by atoms with van der Waals surface area (Å²) in [6, 6.07) is 12.1. The molecule has 1 aliphatic heterocycles. The predicted molar refractivity (Wildman–Crippen MR) is 73.2 cm³/mol. The summed E-state index contributed by atoms with van der Waals surface area (Å²) in [7, 11) is 2.06. The van der Waals surface area contributed by atoms with Crippen molar-refractivity contribution in [3.05, 3.63) is 35.9 Å². The van der Waals surface area contributed by atoms with Gasteiger partial charge in [-0.25, -0.2) is 0 Å². The van der Waals surface area contributed by atoms with E-state index in [1.807, 2.05) is 41.3 Å². The highest BCUT2D eigenvalue weighted by molar-refractivity contribution is 5.81. The first-order valence-electron chi connectivity index (χ1n) is 6.57. The minimum atomic E-state index is -0.574. The molecule has 0 saturated carbocycles. The van der Waals surface area contributed by atoms with Gasteiger partial charge in [0.15, 0.2) is 0 Å². The van der Waals surface area contributed by atoms with Gasteiger partial charge in [-0.05, 0) is 19.5 Å². The summed E-state index contributed by atoms with van der Waals surface area (Å²) in [5.74, 6) is -0.640. The van der Waals surface area contributed by atoms with Crippen LogP contribution in [0.5, 0.6) is 0 Å². The van der Waals surface area contributed by atoms with Gasteiger partial charge in [-0.3, -0.25) is 4.79 Å². The molecular formula is C15H19N3O. The lowest BCUT2D eigenvalue weighted by molar-refractivity contribution is -0.138. The minimum Gasteiger partial charge on any atom is -0.332 e. The van der Waals surface area contributed by atoms with Crippen LogP contribution in [0, 0.1) is 17.2 Å². The fraction of sp³-hybridized carbons (Fsp3) is 0.467. The largest absolute Gasteiger partial charge is 0.332 e. The maximum absolute atomic E-state index is 12.3. The van der Waals surface area contributed by atoms with E-state index in [4.69, 9.17) is 5.26 Å². The Bertz CT molecular complexity index is 480. The van der Waals surface area contributed by atoms with Crippen LogP contribution >= 0.6 is 0 Å². The topological polar surface area (TPSA) is 47.3 Å². The van der Waals surface area contributed by atoms with Crippen LogP contribution in [0.25, 0.3) is 0 Å². The van der Waals surface area contributed by atoms with Gasteiger partial charge in [-0.1, -0.05) is 30.3 Å². The Balaban J connectivity index is 2.25. The van der Waals surface area contributed by atoms with Crippen molar-refractivity contribution in [3.8, 4) is 6.07 Å². The van der Waals surface area contributed by atoms with Gasteiger partial charge in [0.05, 0.1) is 12.1 Å². The standard InChI is InChI=1S/C15H19N3O/c1-12(10-16)15(19)18-9-8-17(2)11-14(18)13-6-4-3-5-7-13/h3-7,12,14H,8-9,11H2,1-2H3. The van der Waals surface area contributed by atoms with Crippen molar-refractivity contribution < 1.29 is 4.79 Å². The van der Waals surface area contributed by atoms with Crippen molar-refractivity contribution in [2.24, 2.45) is 5.92 Å². The molecule has 1 aromatic carbocycles. The molecule has 0 bridgehead atoms. The third-order valence-corrected chi connectivity index (χ3v) is 3.61. The lowest BCUT2D eigenvalue weighted by atomic mass is 10.0. The molecule has 1 amide bonds. The maximum atomic E-state index is 12.3. The Labute approximate surface area is 114 Å². The van der Waals surface area contributed by atoms with Crippen LogP contribution in [0.1, 0.15) is 18.5 Å². The molecule has 19 heavy (non-hydrogen) atoms. The lowest BCUT2D eigenvalue weighted by Gasteiger charge is -2.40. The SMILES string of the molecule is CC(C#N)C(=O)N1CCN(C)CC1c1ccccc1. The number of piperazine rings is 1. The van der Waals surface area contributed by atoms with E-state index in [0.29, 0.717) is 6.54 Å². The quantitative estimate of drug-likeness (QED) is 0.809. The van der Waals surface area contributed by atoms with E-state index in [0.717, 1.165) is 18.7 Å². The van der Waals surface area contributed by atoms with E-state index in [-0.39, 0.29) is 11.9 Å². The Morgan fingerprint density at radius 3 is 2.68 bits per heavy atom. The van der Waals surface area contributed by atoms with Crippen LogP contribution in [-0.4, -0.2) is 42.4 Å². The third kappa shape index (κ3) is 2.94. The number of carbonyl (C=O) groups excluding carboxylic acids is 1. The van der Waals surface area contributed by atoms with Crippen LogP contribution in [0.15, 0.2) is 30.3 Å². The number of nitrogens with zero attached hydrogens (tertiary/aromatic N) is 3. The molecule has 1 aliphatic rings. The molecule has 2 rings (SSSR count). The van der Waals surface area contributed by atoms with Gasteiger partial charge in [0.1, 0.15) is 5.92 Å². The Kier molecular flexibility index (Phi) is 4.18. The van der Waals surface area contributed by atoms with Gasteiger partial charge in [-0.2, -0.15) is 5.26 Å². The molecule has 1 heterocycles. The lowest BCUT2D eigenvalue weighted by Crippen LogP contribution is -2.50. The molecule has 1 saturated heterocycles.